The van der Waals surface area contributed by atoms with E-state index in [0.717, 1.165) is 15.9 Å². The van der Waals surface area contributed by atoms with Crippen LogP contribution in [0.25, 0.3) is 0 Å². The Bertz CT molecular complexity index is 1180. The average Bonchev–Trinajstić information content (AvgIpc) is 2.89. The molecular weight excluding hydrogens is 445 g/mol. The average molecular weight is 470 g/mol. The molecule has 0 radical (unpaired) electrons. The molecule has 0 unspecified atom stereocenters. The first kappa shape index (κ1) is 23.3. The van der Waals surface area contributed by atoms with Gasteiger partial charge in [0, 0.05) is 6.07 Å². The van der Waals surface area contributed by atoms with Crippen molar-refractivity contribution in [2.75, 3.05) is 6.61 Å². The summed E-state index contributed by atoms with van der Waals surface area (Å²) in [4.78, 5) is 23.9. The number of benzene rings is 4. The smallest absolute Gasteiger partial charge is 0.338 e. The Hall–Kier alpha value is -3.82. The Morgan fingerprint density at radius 3 is 1.68 bits per heavy atom. The maximum Gasteiger partial charge on any atom is 0.338 e. The van der Waals surface area contributed by atoms with Crippen molar-refractivity contribution in [2.45, 2.75) is 13.1 Å². The molecular formula is C28H25NO4P+. The van der Waals surface area contributed by atoms with Crippen LogP contribution >= 0.6 is 7.26 Å². The highest BCUT2D eigenvalue weighted by atomic mass is 31.2. The van der Waals surface area contributed by atoms with Crippen LogP contribution in [0.3, 0.4) is 0 Å². The van der Waals surface area contributed by atoms with Crippen molar-refractivity contribution in [3.63, 3.8) is 0 Å². The van der Waals surface area contributed by atoms with E-state index < -0.39 is 18.2 Å². The molecule has 0 amide bonds. The summed E-state index contributed by atoms with van der Waals surface area (Å²) in [5, 5.41) is 15.5. The summed E-state index contributed by atoms with van der Waals surface area (Å²) in [7, 11) is -2.31. The summed E-state index contributed by atoms with van der Waals surface area (Å²) in [6, 6.07) is 35.3. The standard InChI is InChI=1S/C28H25NO4P/c1-2-33-28(30)22-18-19-23(27(20-22)29(31)32)21-34(24-12-6-3-7-13-24,25-14-8-4-9-15-25)26-16-10-5-11-17-26/h3-20H,2,21H2,1H3/q+1. The lowest BCUT2D eigenvalue weighted by Gasteiger charge is -2.27. The largest absolute Gasteiger partial charge is 0.462 e. The number of esters is 1. The van der Waals surface area contributed by atoms with Crippen LogP contribution in [0, 0.1) is 10.1 Å². The van der Waals surface area contributed by atoms with Gasteiger partial charge in [-0.3, -0.25) is 10.1 Å². The van der Waals surface area contributed by atoms with Crippen LogP contribution in [-0.4, -0.2) is 17.5 Å². The number of nitrogens with zero attached hydrogens (tertiary/aromatic N) is 1. The molecule has 0 N–H and O–H groups in total. The number of nitro groups is 1. The lowest BCUT2D eigenvalue weighted by Crippen LogP contribution is -2.32. The minimum absolute atomic E-state index is 0.0716. The fraction of sp³-hybridized carbons (Fsp3) is 0.107. The molecule has 6 heteroatoms. The number of carbonyl (C=O) groups excluding carboxylic acids is 1. The van der Waals surface area contributed by atoms with Gasteiger partial charge < -0.3 is 4.74 Å². The third-order valence-electron chi connectivity index (χ3n) is 5.79. The van der Waals surface area contributed by atoms with Gasteiger partial charge in [-0.1, -0.05) is 54.6 Å². The van der Waals surface area contributed by atoms with E-state index in [-0.39, 0.29) is 17.9 Å². The number of nitro benzene ring substituents is 1. The predicted molar refractivity (Wildman–Crippen MR) is 138 cm³/mol. The zero-order valence-electron chi connectivity index (χ0n) is 18.8. The summed E-state index contributed by atoms with van der Waals surface area (Å²) >= 11 is 0. The molecule has 0 saturated heterocycles. The van der Waals surface area contributed by atoms with Gasteiger partial charge in [-0.05, 0) is 55.5 Å². The summed E-state index contributed by atoms with van der Waals surface area (Å²) in [6.07, 6.45) is 0.449. The lowest BCUT2D eigenvalue weighted by molar-refractivity contribution is -0.385. The van der Waals surface area contributed by atoms with Crippen LogP contribution < -0.4 is 15.9 Å². The first-order chi connectivity index (χ1) is 16.6. The van der Waals surface area contributed by atoms with Crippen molar-refractivity contribution in [3.05, 3.63) is 130 Å². The lowest BCUT2D eigenvalue weighted by atomic mass is 10.1. The Kier molecular flexibility index (Phi) is 7.15. The molecule has 0 aliphatic rings. The normalized spacial score (nSPS) is 11.1. The van der Waals surface area contributed by atoms with E-state index in [1.807, 2.05) is 54.6 Å². The van der Waals surface area contributed by atoms with Crippen LogP contribution in [-0.2, 0) is 10.9 Å². The minimum atomic E-state index is -2.31. The molecule has 0 bridgehead atoms. The van der Waals surface area contributed by atoms with Crippen molar-refractivity contribution in [1.82, 2.24) is 0 Å². The molecule has 0 aliphatic heterocycles. The highest BCUT2D eigenvalue weighted by molar-refractivity contribution is 7.95. The molecule has 4 aromatic carbocycles. The molecule has 4 aromatic rings. The van der Waals surface area contributed by atoms with Gasteiger partial charge in [0.1, 0.15) is 29.3 Å². The van der Waals surface area contributed by atoms with E-state index in [2.05, 4.69) is 36.4 Å². The fourth-order valence-corrected chi connectivity index (χ4v) is 8.50. The molecule has 4 rings (SSSR count). The second-order valence-electron chi connectivity index (χ2n) is 7.80. The van der Waals surface area contributed by atoms with Crippen molar-refractivity contribution in [1.29, 1.82) is 0 Å². The molecule has 5 nitrogen and oxygen atoms in total. The fourth-order valence-electron chi connectivity index (χ4n) is 4.23. The first-order valence-electron chi connectivity index (χ1n) is 11.1. The van der Waals surface area contributed by atoms with Crippen LogP contribution in [0.1, 0.15) is 22.8 Å². The Balaban J connectivity index is 1.96. The van der Waals surface area contributed by atoms with E-state index >= 15 is 0 Å². The van der Waals surface area contributed by atoms with Crippen molar-refractivity contribution in [3.8, 4) is 0 Å². The van der Waals surface area contributed by atoms with Gasteiger partial charge in [-0.25, -0.2) is 4.79 Å². The van der Waals surface area contributed by atoms with E-state index in [1.165, 1.54) is 6.07 Å². The number of hydrogen-bond acceptors (Lipinski definition) is 4. The molecule has 0 spiro atoms. The monoisotopic (exact) mass is 470 g/mol. The Labute approximate surface area is 199 Å². The summed E-state index contributed by atoms with van der Waals surface area (Å²) in [5.74, 6) is -0.563. The summed E-state index contributed by atoms with van der Waals surface area (Å²) in [5.41, 5.74) is 0.695. The first-order valence-corrected chi connectivity index (χ1v) is 13.0. The highest BCUT2D eigenvalue weighted by Crippen LogP contribution is 2.58. The van der Waals surface area contributed by atoms with Gasteiger partial charge in [0.25, 0.3) is 5.69 Å². The van der Waals surface area contributed by atoms with Gasteiger partial charge in [-0.2, -0.15) is 0 Å². The van der Waals surface area contributed by atoms with Gasteiger partial charge >= 0.3 is 5.97 Å². The Morgan fingerprint density at radius 1 is 0.794 bits per heavy atom. The van der Waals surface area contributed by atoms with Gasteiger partial charge in [0.05, 0.1) is 22.7 Å². The number of carbonyl (C=O) groups is 1. The quantitative estimate of drug-likeness (QED) is 0.152. The van der Waals surface area contributed by atoms with Crippen LogP contribution in [0.5, 0.6) is 0 Å². The minimum Gasteiger partial charge on any atom is -0.462 e. The molecule has 170 valence electrons. The third kappa shape index (κ3) is 4.61. The van der Waals surface area contributed by atoms with Gasteiger partial charge in [-0.15, -0.1) is 0 Å². The maximum atomic E-state index is 12.2. The molecule has 34 heavy (non-hydrogen) atoms. The van der Waals surface area contributed by atoms with E-state index in [4.69, 9.17) is 4.74 Å². The topological polar surface area (TPSA) is 69.4 Å². The number of rotatable bonds is 8. The third-order valence-corrected chi connectivity index (χ3v) is 10.1. The zero-order valence-corrected chi connectivity index (χ0v) is 19.7. The second-order valence-corrected chi connectivity index (χ2v) is 11.3. The molecule has 0 fully saturated rings. The zero-order chi connectivity index (χ0) is 24.0. The molecule has 0 aromatic heterocycles. The highest BCUT2D eigenvalue weighted by Gasteiger charge is 2.46. The van der Waals surface area contributed by atoms with Crippen molar-refractivity contribution < 1.29 is 14.5 Å². The molecule has 0 saturated carbocycles. The van der Waals surface area contributed by atoms with Crippen molar-refractivity contribution in [2.24, 2.45) is 0 Å². The maximum absolute atomic E-state index is 12.2. The van der Waals surface area contributed by atoms with Gasteiger partial charge in [0.2, 0.25) is 0 Å². The Morgan fingerprint density at radius 2 is 1.26 bits per heavy atom. The SMILES string of the molecule is CCOC(=O)c1ccc(C[P+](c2ccccc2)(c2ccccc2)c2ccccc2)c([N+](=O)[O-])c1. The summed E-state index contributed by atoms with van der Waals surface area (Å²) in [6.45, 7) is 1.91. The van der Waals surface area contributed by atoms with Crippen molar-refractivity contribution >= 4 is 34.8 Å². The second kappa shape index (κ2) is 10.4. The predicted octanol–water partition coefficient (Wildman–Crippen LogP) is 5.27. The van der Waals surface area contributed by atoms with Crippen LogP contribution in [0.2, 0.25) is 0 Å². The van der Waals surface area contributed by atoms with E-state index in [0.29, 0.717) is 11.7 Å². The van der Waals surface area contributed by atoms with Crippen LogP contribution in [0.15, 0.2) is 109 Å². The molecule has 0 atom stereocenters. The number of hydrogen-bond donors (Lipinski definition) is 0. The van der Waals surface area contributed by atoms with Crippen LogP contribution in [0.4, 0.5) is 5.69 Å². The van der Waals surface area contributed by atoms with E-state index in [9.17, 15) is 14.9 Å². The summed E-state index contributed by atoms with van der Waals surface area (Å²) < 4.78 is 5.06. The molecule has 0 aliphatic carbocycles. The number of ether oxygens (including phenoxy) is 1. The van der Waals surface area contributed by atoms with Gasteiger partial charge in [0.15, 0.2) is 0 Å². The van der Waals surface area contributed by atoms with E-state index in [1.54, 1.807) is 19.1 Å². The molecule has 0 heterocycles.